The van der Waals surface area contributed by atoms with Gasteiger partial charge in [0.1, 0.15) is 17.9 Å². The molecule has 3 aromatic carbocycles. The van der Waals surface area contributed by atoms with Gasteiger partial charge in [0, 0.05) is 21.2 Å². The first-order valence-electron chi connectivity index (χ1n) is 9.81. The zero-order valence-electron chi connectivity index (χ0n) is 17.1. The number of ether oxygens (including phenoxy) is 2. The second-order valence-corrected chi connectivity index (χ2v) is 7.81. The van der Waals surface area contributed by atoms with Crippen molar-refractivity contribution in [1.82, 2.24) is 0 Å². The van der Waals surface area contributed by atoms with E-state index in [1.165, 1.54) is 0 Å². The van der Waals surface area contributed by atoms with E-state index in [0.29, 0.717) is 43.7 Å². The molecule has 4 aromatic rings. The summed E-state index contributed by atoms with van der Waals surface area (Å²) >= 11 is 12.6. The highest BCUT2D eigenvalue weighted by atomic mass is 35.5. The Balaban J connectivity index is 1.86. The van der Waals surface area contributed by atoms with Crippen LogP contribution in [0.1, 0.15) is 18.1 Å². The fourth-order valence-electron chi connectivity index (χ4n) is 3.32. The van der Waals surface area contributed by atoms with Crippen LogP contribution in [-0.2, 0) is 13.0 Å². The van der Waals surface area contributed by atoms with Crippen molar-refractivity contribution in [3.05, 3.63) is 92.1 Å². The maximum atomic E-state index is 13.4. The molecular weight excluding hydrogens is 435 g/mol. The van der Waals surface area contributed by atoms with Gasteiger partial charge < -0.3 is 13.9 Å². The molecule has 4 rings (SSSR count). The van der Waals surface area contributed by atoms with Crippen LogP contribution in [0, 0.1) is 0 Å². The highest BCUT2D eigenvalue weighted by Gasteiger charge is 2.19. The number of hydrogen-bond acceptors (Lipinski definition) is 4. The molecule has 1 aromatic heterocycles. The monoisotopic (exact) mass is 454 g/mol. The summed E-state index contributed by atoms with van der Waals surface area (Å²) in [4.78, 5) is 13.4. The summed E-state index contributed by atoms with van der Waals surface area (Å²) in [6.07, 6.45) is 0.807. The predicted octanol–water partition coefficient (Wildman–Crippen LogP) is 6.92. The SMILES string of the molecule is CCc1ccc2oc(-c3ccc(OC)cc3)c(OCc3c(Cl)cccc3Cl)c(=O)c2c1. The van der Waals surface area contributed by atoms with Crippen molar-refractivity contribution in [2.24, 2.45) is 0 Å². The van der Waals surface area contributed by atoms with E-state index in [2.05, 4.69) is 0 Å². The number of halogens is 2. The molecule has 0 N–H and O–H groups in total. The zero-order chi connectivity index (χ0) is 22.0. The van der Waals surface area contributed by atoms with Crippen molar-refractivity contribution in [2.45, 2.75) is 20.0 Å². The van der Waals surface area contributed by atoms with Crippen LogP contribution in [-0.4, -0.2) is 7.11 Å². The van der Waals surface area contributed by atoms with Gasteiger partial charge in [-0.3, -0.25) is 4.79 Å². The summed E-state index contributed by atoms with van der Waals surface area (Å²) < 4.78 is 17.4. The van der Waals surface area contributed by atoms with Crippen LogP contribution in [0.5, 0.6) is 11.5 Å². The van der Waals surface area contributed by atoms with Crippen molar-refractivity contribution in [3.8, 4) is 22.8 Å². The Morgan fingerprint density at radius 2 is 1.68 bits per heavy atom. The number of aryl methyl sites for hydroxylation is 1. The maximum absolute atomic E-state index is 13.4. The molecule has 0 atom stereocenters. The predicted molar refractivity (Wildman–Crippen MR) is 125 cm³/mol. The smallest absolute Gasteiger partial charge is 0.235 e. The number of methoxy groups -OCH3 is 1. The van der Waals surface area contributed by atoms with Crippen LogP contribution in [0.25, 0.3) is 22.3 Å². The second kappa shape index (κ2) is 9.04. The minimum absolute atomic E-state index is 0.0331. The Hall–Kier alpha value is -2.95. The van der Waals surface area contributed by atoms with Gasteiger partial charge >= 0.3 is 0 Å². The molecular formula is C25H20Cl2O4. The molecule has 0 spiro atoms. The minimum atomic E-state index is -0.245. The summed E-state index contributed by atoms with van der Waals surface area (Å²) in [7, 11) is 1.60. The van der Waals surface area contributed by atoms with Crippen LogP contribution in [0.2, 0.25) is 10.0 Å². The lowest BCUT2D eigenvalue weighted by Gasteiger charge is -2.14. The first-order valence-corrected chi connectivity index (χ1v) is 10.6. The van der Waals surface area contributed by atoms with Gasteiger partial charge in [-0.1, -0.05) is 42.3 Å². The van der Waals surface area contributed by atoms with E-state index >= 15 is 0 Å². The Morgan fingerprint density at radius 1 is 0.968 bits per heavy atom. The lowest BCUT2D eigenvalue weighted by Crippen LogP contribution is -2.11. The minimum Gasteiger partial charge on any atom is -0.497 e. The molecule has 0 aliphatic heterocycles. The van der Waals surface area contributed by atoms with E-state index in [4.69, 9.17) is 37.1 Å². The molecule has 4 nitrogen and oxygen atoms in total. The molecule has 0 radical (unpaired) electrons. The fourth-order valence-corrected chi connectivity index (χ4v) is 3.83. The van der Waals surface area contributed by atoms with Gasteiger partial charge in [0.2, 0.25) is 11.2 Å². The van der Waals surface area contributed by atoms with Gasteiger partial charge in [0.15, 0.2) is 5.76 Å². The van der Waals surface area contributed by atoms with Gasteiger partial charge in [-0.2, -0.15) is 0 Å². The van der Waals surface area contributed by atoms with Crippen molar-refractivity contribution in [3.63, 3.8) is 0 Å². The Labute approximate surface area is 189 Å². The third kappa shape index (κ3) is 4.27. The van der Waals surface area contributed by atoms with E-state index in [1.54, 1.807) is 37.4 Å². The van der Waals surface area contributed by atoms with E-state index in [0.717, 1.165) is 12.0 Å². The van der Waals surface area contributed by atoms with Crippen molar-refractivity contribution >= 4 is 34.2 Å². The summed E-state index contributed by atoms with van der Waals surface area (Å²) in [5.41, 5.74) is 2.59. The summed E-state index contributed by atoms with van der Waals surface area (Å²) in [5.74, 6) is 1.15. The number of fused-ring (bicyclic) bond motifs is 1. The number of benzene rings is 3. The largest absolute Gasteiger partial charge is 0.497 e. The van der Waals surface area contributed by atoms with Crippen molar-refractivity contribution in [1.29, 1.82) is 0 Å². The molecule has 0 amide bonds. The van der Waals surface area contributed by atoms with Crippen LogP contribution in [0.3, 0.4) is 0 Å². The fraction of sp³-hybridized carbons (Fsp3) is 0.160. The molecule has 1 heterocycles. The Morgan fingerprint density at radius 3 is 2.32 bits per heavy atom. The van der Waals surface area contributed by atoms with Gasteiger partial charge in [0.05, 0.1) is 12.5 Å². The quantitative estimate of drug-likeness (QED) is 0.317. The standard InChI is InChI=1S/C25H20Cl2O4/c1-3-15-7-12-22-18(13-15)23(28)25(30-14-19-20(26)5-4-6-21(19)27)24(31-22)16-8-10-17(29-2)11-9-16/h4-13H,3,14H2,1-2H3. The van der Waals surface area contributed by atoms with Crippen LogP contribution >= 0.6 is 23.2 Å². The van der Waals surface area contributed by atoms with Crippen LogP contribution in [0.4, 0.5) is 0 Å². The van der Waals surface area contributed by atoms with Crippen LogP contribution in [0.15, 0.2) is 69.9 Å². The summed E-state index contributed by atoms with van der Waals surface area (Å²) in [6.45, 7) is 2.07. The van der Waals surface area contributed by atoms with Crippen molar-refractivity contribution in [2.75, 3.05) is 7.11 Å². The molecule has 6 heteroatoms. The molecule has 0 aliphatic carbocycles. The Bertz CT molecular complexity index is 1270. The van der Waals surface area contributed by atoms with Gasteiger partial charge in [-0.05, 0) is 60.5 Å². The number of rotatable bonds is 6. The number of hydrogen-bond donors (Lipinski definition) is 0. The van der Waals surface area contributed by atoms with E-state index in [-0.39, 0.29) is 17.8 Å². The maximum Gasteiger partial charge on any atom is 0.235 e. The average Bonchev–Trinajstić information content (AvgIpc) is 2.79. The van der Waals surface area contributed by atoms with Crippen LogP contribution < -0.4 is 14.9 Å². The molecule has 31 heavy (non-hydrogen) atoms. The third-order valence-electron chi connectivity index (χ3n) is 5.10. The molecule has 0 saturated carbocycles. The highest BCUT2D eigenvalue weighted by Crippen LogP contribution is 2.34. The van der Waals surface area contributed by atoms with Crippen molar-refractivity contribution < 1.29 is 13.9 Å². The van der Waals surface area contributed by atoms with E-state index in [9.17, 15) is 4.79 Å². The third-order valence-corrected chi connectivity index (χ3v) is 5.80. The van der Waals surface area contributed by atoms with Gasteiger partial charge in [-0.25, -0.2) is 0 Å². The molecule has 158 valence electrons. The first kappa shape index (κ1) is 21.3. The van der Waals surface area contributed by atoms with E-state index < -0.39 is 0 Å². The second-order valence-electron chi connectivity index (χ2n) is 6.99. The average molecular weight is 455 g/mol. The topological polar surface area (TPSA) is 48.7 Å². The first-order chi connectivity index (χ1) is 15.0. The lowest BCUT2D eigenvalue weighted by molar-refractivity contribution is 0.298. The highest BCUT2D eigenvalue weighted by molar-refractivity contribution is 6.35. The zero-order valence-corrected chi connectivity index (χ0v) is 18.6. The normalized spacial score (nSPS) is 11.0. The molecule has 0 aliphatic rings. The van der Waals surface area contributed by atoms with Gasteiger partial charge in [0.25, 0.3) is 0 Å². The lowest BCUT2D eigenvalue weighted by atomic mass is 10.1. The summed E-state index contributed by atoms with van der Waals surface area (Å²) in [6, 6.07) is 18.1. The summed E-state index contributed by atoms with van der Waals surface area (Å²) in [5, 5.41) is 1.41. The molecule has 0 unspecified atom stereocenters. The molecule has 0 saturated heterocycles. The Kier molecular flexibility index (Phi) is 6.21. The molecule has 0 bridgehead atoms. The molecule has 0 fully saturated rings. The van der Waals surface area contributed by atoms with Gasteiger partial charge in [-0.15, -0.1) is 0 Å². The van der Waals surface area contributed by atoms with E-state index in [1.807, 2.05) is 37.3 Å².